The van der Waals surface area contributed by atoms with E-state index in [0.717, 1.165) is 54.9 Å². The lowest BCUT2D eigenvalue weighted by molar-refractivity contribution is 0.199. The van der Waals surface area contributed by atoms with E-state index in [4.69, 9.17) is 9.47 Å². The molecule has 1 atom stereocenters. The van der Waals surface area contributed by atoms with Crippen LogP contribution in [-0.2, 0) is 13.0 Å². The van der Waals surface area contributed by atoms with Gasteiger partial charge in [-0.3, -0.25) is 9.69 Å². The first-order valence-electron chi connectivity index (χ1n) is 13.8. The zero-order chi connectivity index (χ0) is 28.2. The van der Waals surface area contributed by atoms with Crippen molar-refractivity contribution in [2.45, 2.75) is 19.0 Å². The molecule has 1 unspecified atom stereocenters. The van der Waals surface area contributed by atoms with Gasteiger partial charge in [-0.1, -0.05) is 30.3 Å². The largest absolute Gasteiger partial charge is 0.497 e. The topological polar surface area (TPSA) is 101 Å². The number of H-pyrrole nitrogens is 1. The van der Waals surface area contributed by atoms with Crippen molar-refractivity contribution < 1.29 is 9.47 Å². The summed E-state index contributed by atoms with van der Waals surface area (Å²) in [5, 5.41) is 13.8. The minimum Gasteiger partial charge on any atom is -0.497 e. The maximum absolute atomic E-state index is 13.6. The van der Waals surface area contributed by atoms with Crippen LogP contribution in [0.5, 0.6) is 11.5 Å². The minimum atomic E-state index is -0.408. The summed E-state index contributed by atoms with van der Waals surface area (Å²) < 4.78 is 12.5. The van der Waals surface area contributed by atoms with Crippen LogP contribution in [0.1, 0.15) is 23.0 Å². The standard InChI is InChI=1S/C31H33N7O3/c1-40-25-12-9-24(10-13-25)36-16-18-37(19-17-36)29(27-20-23-8-11-26(41-2)21-28(23)32-31(27)39)30-33-34-35-38(30)15-14-22-6-4-3-5-7-22/h3-13,20-21,29H,14-19H2,1-2H3,(H,32,39). The van der Waals surface area contributed by atoms with E-state index in [-0.39, 0.29) is 5.56 Å². The van der Waals surface area contributed by atoms with Gasteiger partial charge in [0.1, 0.15) is 17.5 Å². The molecule has 0 aliphatic carbocycles. The van der Waals surface area contributed by atoms with E-state index in [1.165, 1.54) is 5.56 Å². The van der Waals surface area contributed by atoms with E-state index in [2.05, 4.69) is 54.6 Å². The summed E-state index contributed by atoms with van der Waals surface area (Å²) in [6.45, 7) is 3.69. The minimum absolute atomic E-state index is 0.161. The van der Waals surface area contributed by atoms with Gasteiger partial charge in [0.25, 0.3) is 5.56 Å². The first kappa shape index (κ1) is 26.5. The number of pyridine rings is 1. The second kappa shape index (κ2) is 11.8. The van der Waals surface area contributed by atoms with E-state index in [9.17, 15) is 4.79 Å². The zero-order valence-electron chi connectivity index (χ0n) is 23.2. The van der Waals surface area contributed by atoms with E-state index >= 15 is 0 Å². The molecule has 1 saturated heterocycles. The van der Waals surface area contributed by atoms with Gasteiger partial charge in [-0.25, -0.2) is 4.68 Å². The van der Waals surface area contributed by atoms with Crippen LogP contribution in [0.3, 0.4) is 0 Å². The van der Waals surface area contributed by atoms with E-state index in [0.29, 0.717) is 23.7 Å². The number of nitrogens with zero attached hydrogens (tertiary/aromatic N) is 6. The predicted molar refractivity (Wildman–Crippen MR) is 158 cm³/mol. The molecule has 210 valence electrons. The highest BCUT2D eigenvalue weighted by Crippen LogP contribution is 2.30. The van der Waals surface area contributed by atoms with E-state index < -0.39 is 6.04 Å². The van der Waals surface area contributed by atoms with Crippen LogP contribution in [0, 0.1) is 0 Å². The number of aromatic nitrogens is 5. The molecule has 10 nitrogen and oxygen atoms in total. The third-order valence-corrected chi connectivity index (χ3v) is 7.75. The molecule has 1 aliphatic rings. The molecule has 10 heteroatoms. The number of anilines is 1. The maximum atomic E-state index is 13.6. The zero-order valence-corrected chi connectivity index (χ0v) is 23.2. The lowest BCUT2D eigenvalue weighted by Crippen LogP contribution is -2.49. The van der Waals surface area contributed by atoms with Crippen molar-refractivity contribution in [3.05, 3.63) is 106 Å². The van der Waals surface area contributed by atoms with Crippen molar-refractivity contribution in [1.82, 2.24) is 30.1 Å². The summed E-state index contributed by atoms with van der Waals surface area (Å²) in [5.74, 6) is 2.19. The van der Waals surface area contributed by atoms with Crippen LogP contribution >= 0.6 is 0 Å². The summed E-state index contributed by atoms with van der Waals surface area (Å²) >= 11 is 0. The van der Waals surface area contributed by atoms with Crippen LogP contribution in [0.4, 0.5) is 5.69 Å². The molecule has 41 heavy (non-hydrogen) atoms. The Morgan fingerprint density at radius 2 is 1.61 bits per heavy atom. The van der Waals surface area contributed by atoms with Gasteiger partial charge in [-0.2, -0.15) is 0 Å². The van der Waals surface area contributed by atoms with Gasteiger partial charge in [-0.15, -0.1) is 5.10 Å². The van der Waals surface area contributed by atoms with Gasteiger partial charge in [0, 0.05) is 50.0 Å². The highest BCUT2D eigenvalue weighted by atomic mass is 16.5. The number of rotatable bonds is 9. The summed E-state index contributed by atoms with van der Waals surface area (Å²) in [6.07, 6.45) is 0.782. The Bertz CT molecular complexity index is 1660. The number of hydrogen-bond donors (Lipinski definition) is 1. The van der Waals surface area contributed by atoms with Crippen LogP contribution in [0.25, 0.3) is 10.9 Å². The van der Waals surface area contributed by atoms with Gasteiger partial charge in [-0.05, 0) is 70.3 Å². The molecule has 1 N–H and O–H groups in total. The SMILES string of the molecule is COc1ccc(N2CCN(C(c3cc4ccc(OC)cc4[nH]c3=O)c3nnnn3CCc3ccccc3)CC2)cc1. The molecule has 0 radical (unpaired) electrons. The molecule has 3 aromatic carbocycles. The second-order valence-electron chi connectivity index (χ2n) is 10.1. The number of aromatic amines is 1. The maximum Gasteiger partial charge on any atom is 0.253 e. The molecule has 1 fully saturated rings. The van der Waals surface area contributed by atoms with Crippen molar-refractivity contribution in [1.29, 1.82) is 0 Å². The third kappa shape index (κ3) is 5.64. The Morgan fingerprint density at radius 3 is 2.34 bits per heavy atom. The highest BCUT2D eigenvalue weighted by molar-refractivity contribution is 5.80. The normalized spacial score (nSPS) is 14.7. The molecular weight excluding hydrogens is 518 g/mol. The number of nitrogens with one attached hydrogen (secondary N) is 1. The Labute approximate surface area is 238 Å². The Kier molecular flexibility index (Phi) is 7.64. The molecule has 1 aliphatic heterocycles. The highest BCUT2D eigenvalue weighted by Gasteiger charge is 2.32. The molecule has 0 amide bonds. The van der Waals surface area contributed by atoms with Gasteiger partial charge in [0.15, 0.2) is 5.82 Å². The van der Waals surface area contributed by atoms with Crippen molar-refractivity contribution in [3.8, 4) is 11.5 Å². The number of tetrazole rings is 1. The summed E-state index contributed by atoms with van der Waals surface area (Å²) in [7, 11) is 3.29. The summed E-state index contributed by atoms with van der Waals surface area (Å²) in [4.78, 5) is 21.4. The van der Waals surface area contributed by atoms with Crippen LogP contribution in [-0.4, -0.2) is 70.5 Å². The predicted octanol–water partition coefficient (Wildman–Crippen LogP) is 3.69. The van der Waals surface area contributed by atoms with Gasteiger partial charge >= 0.3 is 0 Å². The fourth-order valence-electron chi connectivity index (χ4n) is 5.50. The first-order chi connectivity index (χ1) is 20.1. The number of hydrogen-bond acceptors (Lipinski definition) is 8. The van der Waals surface area contributed by atoms with Gasteiger partial charge in [0.05, 0.1) is 19.7 Å². The summed E-state index contributed by atoms with van der Waals surface area (Å²) in [5.41, 5.74) is 3.54. The Morgan fingerprint density at radius 1 is 0.878 bits per heavy atom. The Hall–Kier alpha value is -4.70. The molecule has 0 saturated carbocycles. The number of piperazine rings is 1. The average molecular weight is 552 g/mol. The number of methoxy groups -OCH3 is 2. The van der Waals surface area contributed by atoms with E-state index in [1.54, 1.807) is 14.2 Å². The number of benzene rings is 3. The summed E-state index contributed by atoms with van der Waals surface area (Å²) in [6, 6.07) is 25.7. The fourth-order valence-corrected chi connectivity index (χ4v) is 5.50. The van der Waals surface area contributed by atoms with Crippen molar-refractivity contribution in [2.24, 2.45) is 0 Å². The quantitative estimate of drug-likeness (QED) is 0.296. The molecule has 0 bridgehead atoms. The van der Waals surface area contributed by atoms with Crippen LogP contribution in [0.2, 0.25) is 0 Å². The average Bonchev–Trinajstić information content (AvgIpc) is 3.49. The molecule has 3 heterocycles. The Balaban J connectivity index is 1.33. The van der Waals surface area contributed by atoms with Gasteiger partial charge in [0.2, 0.25) is 0 Å². The molecular formula is C31H33N7O3. The fraction of sp³-hybridized carbons (Fsp3) is 0.290. The molecule has 5 aromatic rings. The van der Waals surface area contributed by atoms with Crippen LogP contribution in [0.15, 0.2) is 83.7 Å². The van der Waals surface area contributed by atoms with Crippen LogP contribution < -0.4 is 19.9 Å². The first-order valence-corrected chi connectivity index (χ1v) is 13.8. The van der Waals surface area contributed by atoms with Crippen molar-refractivity contribution in [2.75, 3.05) is 45.3 Å². The second-order valence-corrected chi connectivity index (χ2v) is 10.1. The molecule has 2 aromatic heterocycles. The number of ether oxygens (including phenoxy) is 2. The smallest absolute Gasteiger partial charge is 0.253 e. The lowest BCUT2D eigenvalue weighted by atomic mass is 10.0. The third-order valence-electron chi connectivity index (χ3n) is 7.75. The number of fused-ring (bicyclic) bond motifs is 1. The van der Waals surface area contributed by atoms with Crippen molar-refractivity contribution in [3.63, 3.8) is 0 Å². The molecule has 0 spiro atoms. The molecule has 6 rings (SSSR count). The van der Waals surface area contributed by atoms with Crippen molar-refractivity contribution >= 4 is 16.6 Å². The van der Waals surface area contributed by atoms with Gasteiger partial charge < -0.3 is 19.4 Å². The monoisotopic (exact) mass is 551 g/mol. The lowest BCUT2D eigenvalue weighted by Gasteiger charge is -2.39. The van der Waals surface area contributed by atoms with E-state index in [1.807, 2.05) is 59.3 Å². The number of aryl methyl sites for hydroxylation is 2.